The molecule has 4 heterocycles. The van der Waals surface area contributed by atoms with Crippen molar-refractivity contribution in [3.63, 3.8) is 0 Å². The van der Waals surface area contributed by atoms with E-state index in [2.05, 4.69) is 118 Å². The van der Waals surface area contributed by atoms with E-state index in [4.69, 9.17) is 4.98 Å². The number of pyridine rings is 1. The predicted molar refractivity (Wildman–Crippen MR) is 161 cm³/mol. The van der Waals surface area contributed by atoms with Crippen LogP contribution in [0.4, 0.5) is 17.1 Å². The van der Waals surface area contributed by atoms with Crippen LogP contribution in [0.25, 0.3) is 27.6 Å². The Morgan fingerprint density at radius 1 is 0.641 bits per heavy atom. The molecule has 6 aromatic rings. The zero-order valence-electron chi connectivity index (χ0n) is 21.5. The van der Waals surface area contributed by atoms with Gasteiger partial charge in [0.15, 0.2) is 0 Å². The van der Waals surface area contributed by atoms with Crippen molar-refractivity contribution in [2.45, 2.75) is 19.3 Å². The molecule has 4 nitrogen and oxygen atoms in total. The summed E-state index contributed by atoms with van der Waals surface area (Å²) in [5.74, 6) is 0.923. The summed E-state index contributed by atoms with van der Waals surface area (Å²) in [5.41, 5.74) is 10.9. The molecule has 2 aliphatic rings. The summed E-state index contributed by atoms with van der Waals surface area (Å²) in [6, 6.07) is 37.3. The summed E-state index contributed by atoms with van der Waals surface area (Å²) in [4.78, 5) is 11.8. The van der Waals surface area contributed by atoms with E-state index < -0.39 is 0 Å². The van der Waals surface area contributed by atoms with E-state index in [0.29, 0.717) is 0 Å². The van der Waals surface area contributed by atoms with Crippen LogP contribution in [0, 0.1) is 0 Å². The standard InChI is InChI=1S/C35H26N4/c1-3-11-31-24(8-1)14-15-25-16-17-26(30-10-7-21-36-30)22-33(25)38(31)27-18-19-29-28-9-2-4-12-32(28)39(34(29)23-27)35-13-5-6-20-37-35/h1-9,11-13,16-23H,10,14-15H2. The number of rotatable bonds is 3. The van der Waals surface area contributed by atoms with Gasteiger partial charge < -0.3 is 4.90 Å². The quantitative estimate of drug-likeness (QED) is 0.243. The average Bonchev–Trinajstić information content (AvgIpc) is 3.60. The minimum atomic E-state index is 0.880. The number of benzene rings is 4. The lowest BCUT2D eigenvalue weighted by Gasteiger charge is -2.28. The van der Waals surface area contributed by atoms with Crippen LogP contribution in [-0.2, 0) is 12.8 Å². The zero-order chi connectivity index (χ0) is 25.8. The molecule has 0 atom stereocenters. The molecule has 0 saturated heterocycles. The average molecular weight is 503 g/mol. The molecule has 0 spiro atoms. The van der Waals surface area contributed by atoms with Gasteiger partial charge in [0.2, 0.25) is 0 Å². The molecule has 0 aliphatic carbocycles. The number of hydrogen-bond donors (Lipinski definition) is 0. The third-order valence-electron chi connectivity index (χ3n) is 8.00. The molecule has 0 N–H and O–H groups in total. The van der Waals surface area contributed by atoms with Crippen LogP contribution in [-0.4, -0.2) is 15.3 Å². The highest BCUT2D eigenvalue weighted by atomic mass is 15.2. The minimum Gasteiger partial charge on any atom is -0.310 e. The summed E-state index contributed by atoms with van der Waals surface area (Å²) in [6.07, 6.45) is 8.80. The van der Waals surface area contributed by atoms with E-state index in [1.807, 2.05) is 18.5 Å². The Morgan fingerprint density at radius 2 is 1.46 bits per heavy atom. The molecule has 0 bridgehead atoms. The van der Waals surface area contributed by atoms with Gasteiger partial charge in [0, 0.05) is 46.7 Å². The second-order valence-corrected chi connectivity index (χ2v) is 10.2. The van der Waals surface area contributed by atoms with Crippen LogP contribution in [0.5, 0.6) is 0 Å². The lowest BCUT2D eigenvalue weighted by molar-refractivity contribution is 0.977. The van der Waals surface area contributed by atoms with Gasteiger partial charge in [-0.15, -0.1) is 0 Å². The Hall–Kier alpha value is -4.96. The number of nitrogens with zero attached hydrogens (tertiary/aromatic N) is 4. The summed E-state index contributed by atoms with van der Waals surface area (Å²) >= 11 is 0. The molecule has 0 unspecified atom stereocenters. The Morgan fingerprint density at radius 3 is 2.33 bits per heavy atom. The number of anilines is 3. The lowest BCUT2D eigenvalue weighted by Crippen LogP contribution is -2.13. The highest BCUT2D eigenvalue weighted by Gasteiger charge is 2.24. The highest BCUT2D eigenvalue weighted by molar-refractivity contribution is 6.10. The molecule has 2 aromatic heterocycles. The van der Waals surface area contributed by atoms with Crippen molar-refractivity contribution in [2.75, 3.05) is 4.90 Å². The number of aliphatic imine (C=N–C) groups is 1. The van der Waals surface area contributed by atoms with Crippen molar-refractivity contribution >= 4 is 44.6 Å². The third-order valence-corrected chi connectivity index (χ3v) is 8.00. The number of aryl methyl sites for hydroxylation is 2. The summed E-state index contributed by atoms with van der Waals surface area (Å²) in [6.45, 7) is 0. The van der Waals surface area contributed by atoms with Gasteiger partial charge in [-0.1, -0.05) is 66.7 Å². The minimum absolute atomic E-state index is 0.880. The predicted octanol–water partition coefficient (Wildman–Crippen LogP) is 8.45. The van der Waals surface area contributed by atoms with Crippen LogP contribution < -0.4 is 4.90 Å². The van der Waals surface area contributed by atoms with Gasteiger partial charge in [-0.05, 0) is 72.0 Å². The van der Waals surface area contributed by atoms with Crippen molar-refractivity contribution in [2.24, 2.45) is 4.99 Å². The van der Waals surface area contributed by atoms with Crippen molar-refractivity contribution < 1.29 is 0 Å². The van der Waals surface area contributed by atoms with Gasteiger partial charge in [0.25, 0.3) is 0 Å². The van der Waals surface area contributed by atoms with Crippen molar-refractivity contribution in [1.29, 1.82) is 0 Å². The van der Waals surface area contributed by atoms with Crippen LogP contribution in [0.3, 0.4) is 0 Å². The molecular weight excluding hydrogens is 476 g/mol. The van der Waals surface area contributed by atoms with E-state index >= 15 is 0 Å². The number of para-hydroxylation sites is 2. The molecule has 0 amide bonds. The van der Waals surface area contributed by atoms with Crippen LogP contribution in [0.2, 0.25) is 0 Å². The number of allylic oxidation sites excluding steroid dienone is 1. The fourth-order valence-corrected chi connectivity index (χ4v) is 6.16. The monoisotopic (exact) mass is 502 g/mol. The van der Waals surface area contributed by atoms with Gasteiger partial charge in [-0.2, -0.15) is 0 Å². The van der Waals surface area contributed by atoms with Crippen molar-refractivity contribution in [1.82, 2.24) is 9.55 Å². The Kier molecular flexibility index (Phi) is 4.99. The van der Waals surface area contributed by atoms with Gasteiger partial charge >= 0.3 is 0 Å². The molecule has 0 radical (unpaired) electrons. The maximum atomic E-state index is 4.74. The van der Waals surface area contributed by atoms with Crippen LogP contribution in [0.15, 0.2) is 127 Å². The van der Waals surface area contributed by atoms with E-state index in [9.17, 15) is 0 Å². The lowest BCUT2D eigenvalue weighted by atomic mass is 10.0. The Labute approximate surface area is 227 Å². The summed E-state index contributed by atoms with van der Waals surface area (Å²) < 4.78 is 2.29. The van der Waals surface area contributed by atoms with Crippen LogP contribution in [0.1, 0.15) is 23.1 Å². The molecule has 2 aliphatic heterocycles. The summed E-state index contributed by atoms with van der Waals surface area (Å²) in [5, 5.41) is 2.46. The first-order valence-electron chi connectivity index (χ1n) is 13.5. The SMILES string of the molecule is C1=CN=C(c2ccc3c(c2)N(c2ccc4c5ccccc5n(-c5ccccn5)c4c2)c2ccccc2CC3)C1. The normalized spacial score (nSPS) is 14.4. The van der Waals surface area contributed by atoms with Gasteiger partial charge in [-0.25, -0.2) is 4.98 Å². The molecule has 0 fully saturated rings. The van der Waals surface area contributed by atoms with E-state index in [0.717, 1.165) is 47.5 Å². The zero-order valence-corrected chi connectivity index (χ0v) is 21.5. The summed E-state index contributed by atoms with van der Waals surface area (Å²) in [7, 11) is 0. The van der Waals surface area contributed by atoms with E-state index in [1.165, 1.54) is 38.8 Å². The fraction of sp³-hybridized carbons (Fsp3) is 0.0857. The van der Waals surface area contributed by atoms with Crippen LogP contribution >= 0.6 is 0 Å². The molecule has 0 saturated carbocycles. The van der Waals surface area contributed by atoms with E-state index in [1.54, 1.807) is 0 Å². The maximum Gasteiger partial charge on any atom is 0.137 e. The van der Waals surface area contributed by atoms with E-state index in [-0.39, 0.29) is 0 Å². The molecule has 39 heavy (non-hydrogen) atoms. The first-order chi connectivity index (χ1) is 19.3. The fourth-order valence-electron chi connectivity index (χ4n) is 6.16. The molecule has 4 heteroatoms. The smallest absolute Gasteiger partial charge is 0.137 e. The number of aromatic nitrogens is 2. The molecule has 4 aromatic carbocycles. The first-order valence-corrected chi connectivity index (χ1v) is 13.5. The van der Waals surface area contributed by atoms with Crippen molar-refractivity contribution in [3.05, 3.63) is 138 Å². The largest absolute Gasteiger partial charge is 0.310 e. The van der Waals surface area contributed by atoms with Crippen molar-refractivity contribution in [3.8, 4) is 5.82 Å². The highest BCUT2D eigenvalue weighted by Crippen LogP contribution is 2.44. The molecule has 186 valence electrons. The second kappa shape index (κ2) is 8.81. The molecular formula is C35H26N4. The van der Waals surface area contributed by atoms with Gasteiger partial charge in [0.1, 0.15) is 5.82 Å². The van der Waals surface area contributed by atoms with Gasteiger partial charge in [0.05, 0.1) is 16.7 Å². The third kappa shape index (κ3) is 3.52. The second-order valence-electron chi connectivity index (χ2n) is 10.2. The van der Waals surface area contributed by atoms with Gasteiger partial charge in [-0.3, -0.25) is 9.56 Å². The number of fused-ring (bicyclic) bond motifs is 5. The topological polar surface area (TPSA) is 33.4 Å². The maximum absolute atomic E-state index is 4.74. The number of hydrogen-bond acceptors (Lipinski definition) is 3. The Balaban J connectivity index is 1.40. The molecule has 8 rings (SSSR count). The Bertz CT molecular complexity index is 1950. The first kappa shape index (κ1) is 22.1.